The molecule has 5 nitrogen and oxygen atoms in total. The second-order valence-corrected chi connectivity index (χ2v) is 4.21. The summed E-state index contributed by atoms with van der Waals surface area (Å²) < 4.78 is 0. The highest BCUT2D eigenvalue weighted by atomic mass is 16.4. The molecule has 0 saturated carbocycles. The number of carbonyl (C=O) groups excluding carboxylic acids is 1. The van der Waals surface area contributed by atoms with Crippen molar-refractivity contribution in [3.8, 4) is 0 Å². The Kier molecular flexibility index (Phi) is 2.95. The van der Waals surface area contributed by atoms with Crippen LogP contribution >= 0.6 is 0 Å². The Morgan fingerprint density at radius 2 is 2.24 bits per heavy atom. The summed E-state index contributed by atoms with van der Waals surface area (Å²) in [5, 5.41) is 18.3. The van der Waals surface area contributed by atoms with Gasteiger partial charge in [0.2, 0.25) is 0 Å². The second-order valence-electron chi connectivity index (χ2n) is 4.21. The molecule has 0 bridgehead atoms. The van der Waals surface area contributed by atoms with Crippen molar-refractivity contribution in [1.29, 1.82) is 0 Å². The Bertz CT molecular complexity index is 483. The van der Waals surface area contributed by atoms with Crippen LogP contribution in [0.4, 0.5) is 0 Å². The minimum absolute atomic E-state index is 0.101. The van der Waals surface area contributed by atoms with Gasteiger partial charge in [-0.05, 0) is 23.6 Å². The quantitative estimate of drug-likeness (QED) is 0.697. The van der Waals surface area contributed by atoms with Gasteiger partial charge in [0, 0.05) is 12.0 Å². The average molecular weight is 235 g/mol. The summed E-state index contributed by atoms with van der Waals surface area (Å²) in [4.78, 5) is 22.2. The maximum absolute atomic E-state index is 11.5. The number of nitrogens with two attached hydrogens (primary N) is 1. The van der Waals surface area contributed by atoms with Gasteiger partial charge >= 0.3 is 5.97 Å². The molecule has 2 rings (SSSR count). The molecule has 1 aromatic rings. The highest BCUT2D eigenvalue weighted by Gasteiger charge is 2.27. The number of benzene rings is 1. The molecule has 0 fully saturated rings. The fourth-order valence-electron chi connectivity index (χ4n) is 2.00. The molecule has 0 saturated heterocycles. The normalized spacial score (nSPS) is 20.1. The molecule has 1 aliphatic rings. The number of Topliss-reactive ketones (excluding diaryl/α,β-unsaturated/α-hetero) is 1. The number of carbonyl (C=O) groups is 2. The van der Waals surface area contributed by atoms with Crippen molar-refractivity contribution in [2.24, 2.45) is 5.73 Å². The van der Waals surface area contributed by atoms with Gasteiger partial charge in [-0.15, -0.1) is 0 Å². The van der Waals surface area contributed by atoms with Crippen LogP contribution in [0.2, 0.25) is 0 Å². The number of carboxylic acid groups (broad SMARTS) is 1. The van der Waals surface area contributed by atoms with E-state index in [1.54, 1.807) is 18.2 Å². The number of carboxylic acids is 1. The van der Waals surface area contributed by atoms with E-state index in [-0.39, 0.29) is 18.6 Å². The van der Waals surface area contributed by atoms with Crippen molar-refractivity contribution >= 4 is 11.8 Å². The maximum atomic E-state index is 11.5. The van der Waals surface area contributed by atoms with Crippen LogP contribution in [0.15, 0.2) is 18.2 Å². The van der Waals surface area contributed by atoms with Crippen molar-refractivity contribution < 1.29 is 19.8 Å². The molecule has 1 aliphatic carbocycles. The number of hydrogen-bond donors (Lipinski definition) is 3. The molecule has 17 heavy (non-hydrogen) atoms. The van der Waals surface area contributed by atoms with Crippen molar-refractivity contribution in [3.63, 3.8) is 0 Å². The smallest absolute Gasteiger partial charge is 0.320 e. The molecule has 0 spiro atoms. The van der Waals surface area contributed by atoms with Gasteiger partial charge in [-0.25, -0.2) is 0 Å². The SMILES string of the molecule is N[C@@H](Cc1ccc2c(c1)C(=O)CC2O)C(=O)O. The molecule has 0 heterocycles. The zero-order valence-corrected chi connectivity index (χ0v) is 9.09. The molecular weight excluding hydrogens is 222 g/mol. The van der Waals surface area contributed by atoms with Crippen molar-refractivity contribution in [2.75, 3.05) is 0 Å². The monoisotopic (exact) mass is 235 g/mol. The second kappa shape index (κ2) is 4.27. The van der Waals surface area contributed by atoms with E-state index in [9.17, 15) is 14.7 Å². The predicted octanol–water partition coefficient (Wildman–Crippen LogP) is 0.261. The summed E-state index contributed by atoms with van der Waals surface area (Å²) in [6.45, 7) is 0. The number of hydrogen-bond acceptors (Lipinski definition) is 4. The standard InChI is InChI=1S/C12H13NO4/c13-9(12(16)17)4-6-1-2-7-8(3-6)11(15)5-10(7)14/h1-3,9-10,14H,4-5,13H2,(H,16,17)/t9-,10?/m0/s1. The number of aliphatic hydroxyl groups is 1. The first-order chi connectivity index (χ1) is 7.99. The fraction of sp³-hybridized carbons (Fsp3) is 0.333. The van der Waals surface area contributed by atoms with E-state index in [2.05, 4.69) is 0 Å². The summed E-state index contributed by atoms with van der Waals surface area (Å²) in [7, 11) is 0. The zero-order valence-electron chi connectivity index (χ0n) is 9.09. The molecule has 4 N–H and O–H groups in total. The van der Waals surface area contributed by atoms with Gasteiger partial charge in [0.1, 0.15) is 6.04 Å². The number of fused-ring (bicyclic) bond motifs is 1. The first-order valence-corrected chi connectivity index (χ1v) is 5.31. The molecule has 5 heteroatoms. The molecular formula is C12H13NO4. The third-order valence-corrected chi connectivity index (χ3v) is 2.93. The van der Waals surface area contributed by atoms with Crippen LogP contribution in [0.5, 0.6) is 0 Å². The molecule has 0 aromatic heterocycles. The topological polar surface area (TPSA) is 101 Å². The van der Waals surface area contributed by atoms with Crippen molar-refractivity contribution in [2.45, 2.75) is 25.0 Å². The first kappa shape index (κ1) is 11.8. The Balaban J connectivity index is 2.26. The molecule has 1 unspecified atom stereocenters. The predicted molar refractivity (Wildman–Crippen MR) is 59.7 cm³/mol. The lowest BCUT2D eigenvalue weighted by Crippen LogP contribution is -2.32. The fourth-order valence-corrected chi connectivity index (χ4v) is 2.00. The largest absolute Gasteiger partial charge is 0.480 e. The van der Waals surface area contributed by atoms with Crippen LogP contribution < -0.4 is 5.73 Å². The van der Waals surface area contributed by atoms with Crippen LogP contribution in [0.1, 0.15) is 34.0 Å². The van der Waals surface area contributed by atoms with Gasteiger partial charge in [-0.2, -0.15) is 0 Å². The molecule has 2 atom stereocenters. The highest BCUT2D eigenvalue weighted by molar-refractivity contribution is 6.01. The van der Waals surface area contributed by atoms with Gasteiger partial charge in [0.15, 0.2) is 5.78 Å². The molecule has 1 aromatic carbocycles. The van der Waals surface area contributed by atoms with Crippen molar-refractivity contribution in [1.82, 2.24) is 0 Å². The number of ketones is 1. The van der Waals surface area contributed by atoms with Gasteiger partial charge in [0.25, 0.3) is 0 Å². The molecule has 0 aliphatic heterocycles. The van der Waals surface area contributed by atoms with Gasteiger partial charge in [-0.1, -0.05) is 12.1 Å². The molecule has 0 radical (unpaired) electrons. The Labute approximate surface area is 97.9 Å². The highest BCUT2D eigenvalue weighted by Crippen LogP contribution is 2.31. The molecule has 0 amide bonds. The van der Waals surface area contributed by atoms with Crippen LogP contribution in [0.25, 0.3) is 0 Å². The summed E-state index contributed by atoms with van der Waals surface area (Å²) in [5.41, 5.74) is 7.21. The zero-order chi connectivity index (χ0) is 12.6. The Morgan fingerprint density at radius 1 is 1.53 bits per heavy atom. The molecule has 90 valence electrons. The number of rotatable bonds is 3. The lowest BCUT2D eigenvalue weighted by Gasteiger charge is -2.08. The third kappa shape index (κ3) is 2.20. The van der Waals surface area contributed by atoms with Crippen molar-refractivity contribution in [3.05, 3.63) is 34.9 Å². The van der Waals surface area contributed by atoms with E-state index in [0.29, 0.717) is 16.7 Å². The van der Waals surface area contributed by atoms with Gasteiger partial charge in [-0.3, -0.25) is 9.59 Å². The lowest BCUT2D eigenvalue weighted by molar-refractivity contribution is -0.138. The van der Waals surface area contributed by atoms with Gasteiger partial charge in [0.05, 0.1) is 6.10 Å². The Morgan fingerprint density at radius 3 is 2.88 bits per heavy atom. The minimum Gasteiger partial charge on any atom is -0.480 e. The lowest BCUT2D eigenvalue weighted by atomic mass is 10.0. The summed E-state index contributed by atoms with van der Waals surface area (Å²) >= 11 is 0. The first-order valence-electron chi connectivity index (χ1n) is 5.31. The van der Waals surface area contributed by atoms with E-state index in [4.69, 9.17) is 10.8 Å². The van der Waals surface area contributed by atoms with E-state index in [1.165, 1.54) is 0 Å². The number of aliphatic carboxylic acids is 1. The summed E-state index contributed by atoms with van der Waals surface area (Å²) in [6.07, 6.45) is -0.463. The number of aliphatic hydroxyl groups excluding tert-OH is 1. The maximum Gasteiger partial charge on any atom is 0.320 e. The van der Waals surface area contributed by atoms with E-state index >= 15 is 0 Å². The van der Waals surface area contributed by atoms with E-state index in [0.717, 1.165) is 0 Å². The minimum atomic E-state index is -1.07. The summed E-state index contributed by atoms with van der Waals surface area (Å²) in [6, 6.07) is 4.00. The van der Waals surface area contributed by atoms with Crippen LogP contribution in [-0.2, 0) is 11.2 Å². The van der Waals surface area contributed by atoms with Gasteiger partial charge < -0.3 is 15.9 Å². The van der Waals surface area contributed by atoms with Crippen LogP contribution in [0.3, 0.4) is 0 Å². The Hall–Kier alpha value is -1.72. The van der Waals surface area contributed by atoms with Crippen LogP contribution in [0, 0.1) is 0 Å². The van der Waals surface area contributed by atoms with E-state index < -0.39 is 18.1 Å². The summed E-state index contributed by atoms with van der Waals surface area (Å²) in [5.74, 6) is -1.19. The average Bonchev–Trinajstić information content (AvgIpc) is 2.54. The third-order valence-electron chi connectivity index (χ3n) is 2.93. The van der Waals surface area contributed by atoms with E-state index in [1.807, 2.05) is 0 Å². The van der Waals surface area contributed by atoms with Crippen LogP contribution in [-0.4, -0.2) is 28.0 Å².